The molecule has 0 radical (unpaired) electrons. The molecule has 29 heavy (non-hydrogen) atoms. The zero-order valence-electron chi connectivity index (χ0n) is 17.1. The SMILES string of the molecule is CC1(C)OB(C(F)=C(c2cccc(N)c2)c2ccc3c(c2)OCCO3)OC1(C)C. The summed E-state index contributed by atoms with van der Waals surface area (Å²) in [6.45, 7) is 8.52. The molecule has 0 aliphatic carbocycles. The molecule has 7 heteroatoms. The van der Waals surface area contributed by atoms with E-state index in [2.05, 4.69) is 0 Å². The smallest absolute Gasteiger partial charge is 0.486 e. The van der Waals surface area contributed by atoms with Crippen LogP contribution in [0.2, 0.25) is 0 Å². The first-order valence-electron chi connectivity index (χ1n) is 9.69. The van der Waals surface area contributed by atoms with Crippen molar-refractivity contribution in [2.45, 2.75) is 38.9 Å². The number of benzene rings is 2. The maximum atomic E-state index is 15.9. The Bertz CT molecular complexity index is 957. The van der Waals surface area contributed by atoms with Crippen molar-refractivity contribution < 1.29 is 23.2 Å². The fraction of sp³-hybridized carbons (Fsp3) is 0.364. The van der Waals surface area contributed by atoms with Crippen LogP contribution < -0.4 is 15.2 Å². The highest BCUT2D eigenvalue weighted by Crippen LogP contribution is 2.42. The Labute approximate surface area is 170 Å². The molecule has 0 atom stereocenters. The fourth-order valence-corrected chi connectivity index (χ4v) is 3.40. The van der Waals surface area contributed by atoms with Gasteiger partial charge in [0.1, 0.15) is 18.9 Å². The molecule has 152 valence electrons. The van der Waals surface area contributed by atoms with Crippen molar-refractivity contribution >= 4 is 18.4 Å². The molecule has 2 heterocycles. The van der Waals surface area contributed by atoms with Crippen molar-refractivity contribution in [1.82, 2.24) is 0 Å². The van der Waals surface area contributed by atoms with Gasteiger partial charge >= 0.3 is 7.12 Å². The van der Waals surface area contributed by atoms with E-state index in [1.54, 1.807) is 36.4 Å². The lowest BCUT2D eigenvalue weighted by molar-refractivity contribution is 0.00578. The molecule has 4 rings (SSSR count). The Morgan fingerprint density at radius 1 is 0.897 bits per heavy atom. The van der Waals surface area contributed by atoms with Gasteiger partial charge in [0.15, 0.2) is 11.5 Å². The molecule has 2 aliphatic heterocycles. The van der Waals surface area contributed by atoms with Crippen LogP contribution in [0.15, 0.2) is 48.2 Å². The van der Waals surface area contributed by atoms with Gasteiger partial charge in [0, 0.05) is 11.3 Å². The highest BCUT2D eigenvalue weighted by Gasteiger charge is 2.53. The van der Waals surface area contributed by atoms with Crippen LogP contribution in [-0.2, 0) is 9.31 Å². The van der Waals surface area contributed by atoms with Crippen LogP contribution in [0.4, 0.5) is 10.1 Å². The van der Waals surface area contributed by atoms with E-state index >= 15 is 4.39 Å². The molecule has 0 amide bonds. The Hall–Kier alpha value is -2.51. The molecule has 2 aliphatic rings. The lowest BCUT2D eigenvalue weighted by atomic mass is 9.80. The van der Waals surface area contributed by atoms with Crippen LogP contribution in [0, 0.1) is 0 Å². The van der Waals surface area contributed by atoms with Crippen LogP contribution >= 0.6 is 0 Å². The van der Waals surface area contributed by atoms with Gasteiger partial charge < -0.3 is 24.5 Å². The number of nitrogen functional groups attached to an aromatic ring is 1. The molecular formula is C22H25BFNO4. The minimum atomic E-state index is -1.12. The molecule has 5 nitrogen and oxygen atoms in total. The van der Waals surface area contributed by atoms with E-state index < -0.39 is 24.0 Å². The third-order valence-electron chi connectivity index (χ3n) is 5.71. The summed E-state index contributed by atoms with van der Waals surface area (Å²) in [4.78, 5) is 0. The number of anilines is 1. The standard InChI is InChI=1S/C22H25BFNO4/c1-21(2)22(3,4)29-23(28-21)20(24)19(14-6-5-7-16(25)12-14)15-8-9-17-18(13-15)27-11-10-26-17/h5-9,12-13H,10-11,25H2,1-4H3. The Kier molecular flexibility index (Phi) is 4.83. The van der Waals surface area contributed by atoms with Gasteiger partial charge in [-0.25, -0.2) is 4.39 Å². The molecule has 0 aromatic heterocycles. The molecule has 1 fully saturated rings. The minimum absolute atomic E-state index is 0.354. The fourth-order valence-electron chi connectivity index (χ4n) is 3.40. The van der Waals surface area contributed by atoms with E-state index in [0.717, 1.165) is 0 Å². The number of hydrogen-bond donors (Lipinski definition) is 1. The first-order chi connectivity index (χ1) is 13.7. The van der Waals surface area contributed by atoms with E-state index in [0.29, 0.717) is 47.1 Å². The largest absolute Gasteiger partial charge is 0.525 e. The van der Waals surface area contributed by atoms with Gasteiger partial charge in [0.2, 0.25) is 0 Å². The lowest BCUT2D eigenvalue weighted by Crippen LogP contribution is -2.41. The predicted molar refractivity (Wildman–Crippen MR) is 111 cm³/mol. The van der Waals surface area contributed by atoms with Crippen LogP contribution in [0.1, 0.15) is 38.8 Å². The van der Waals surface area contributed by atoms with Crippen molar-refractivity contribution in [3.05, 3.63) is 59.3 Å². The molecule has 2 N–H and O–H groups in total. The van der Waals surface area contributed by atoms with Crippen molar-refractivity contribution in [1.29, 1.82) is 0 Å². The highest BCUT2D eigenvalue weighted by atomic mass is 19.1. The third kappa shape index (κ3) is 3.60. The van der Waals surface area contributed by atoms with E-state index in [1.165, 1.54) is 0 Å². The lowest BCUT2D eigenvalue weighted by Gasteiger charge is -2.32. The van der Waals surface area contributed by atoms with E-state index in [4.69, 9.17) is 24.5 Å². The molecule has 2 aromatic rings. The summed E-state index contributed by atoms with van der Waals surface area (Å²) in [5.74, 6) is 1.22. The molecule has 1 saturated heterocycles. The predicted octanol–water partition coefficient (Wildman–Crippen LogP) is 4.40. The Morgan fingerprint density at radius 3 is 2.17 bits per heavy atom. The summed E-state index contributed by atoms with van der Waals surface area (Å²) in [6.07, 6.45) is 0. The maximum Gasteiger partial charge on any atom is 0.525 e. The van der Waals surface area contributed by atoms with Crippen LogP contribution in [0.3, 0.4) is 0 Å². The summed E-state index contributed by atoms with van der Waals surface area (Å²) < 4.78 is 39.1. The van der Waals surface area contributed by atoms with Gasteiger partial charge in [-0.05, 0) is 63.1 Å². The Morgan fingerprint density at radius 2 is 1.52 bits per heavy atom. The third-order valence-corrected chi connectivity index (χ3v) is 5.71. The molecule has 0 saturated carbocycles. The molecule has 0 unspecified atom stereocenters. The van der Waals surface area contributed by atoms with Crippen molar-refractivity contribution in [2.24, 2.45) is 0 Å². The molecule has 0 spiro atoms. The topological polar surface area (TPSA) is 62.9 Å². The quantitative estimate of drug-likeness (QED) is 0.615. The number of nitrogens with two attached hydrogens (primary N) is 1. The van der Waals surface area contributed by atoms with Crippen LogP contribution in [-0.4, -0.2) is 31.5 Å². The summed E-state index contributed by atoms with van der Waals surface area (Å²) >= 11 is 0. The zero-order valence-corrected chi connectivity index (χ0v) is 17.1. The number of fused-ring (bicyclic) bond motifs is 1. The summed E-state index contributed by atoms with van der Waals surface area (Å²) in [6, 6.07) is 12.5. The molecular weight excluding hydrogens is 372 g/mol. The monoisotopic (exact) mass is 397 g/mol. The summed E-state index contributed by atoms with van der Waals surface area (Å²) in [5, 5.41) is 0. The van der Waals surface area contributed by atoms with Gasteiger partial charge in [-0.3, -0.25) is 0 Å². The van der Waals surface area contributed by atoms with Gasteiger partial charge in [0.05, 0.1) is 11.2 Å². The highest BCUT2D eigenvalue weighted by molar-refractivity contribution is 6.55. The van der Waals surface area contributed by atoms with Crippen LogP contribution in [0.25, 0.3) is 5.57 Å². The van der Waals surface area contributed by atoms with E-state index in [9.17, 15) is 0 Å². The average molecular weight is 397 g/mol. The van der Waals surface area contributed by atoms with Crippen molar-refractivity contribution in [2.75, 3.05) is 18.9 Å². The second-order valence-electron chi connectivity index (χ2n) is 8.30. The van der Waals surface area contributed by atoms with E-state index in [-0.39, 0.29) is 0 Å². The second kappa shape index (κ2) is 7.08. The van der Waals surface area contributed by atoms with Crippen LogP contribution in [0.5, 0.6) is 11.5 Å². The number of hydrogen-bond acceptors (Lipinski definition) is 5. The zero-order chi connectivity index (χ0) is 20.8. The number of halogens is 1. The number of ether oxygens (including phenoxy) is 2. The Balaban J connectivity index is 1.84. The first-order valence-corrected chi connectivity index (χ1v) is 9.69. The first kappa shape index (κ1) is 19.8. The van der Waals surface area contributed by atoms with Gasteiger partial charge in [-0.15, -0.1) is 0 Å². The average Bonchev–Trinajstić information content (AvgIpc) is 2.89. The number of rotatable bonds is 3. The molecule has 0 bridgehead atoms. The van der Waals surface area contributed by atoms with Gasteiger partial charge in [0.25, 0.3) is 0 Å². The molecule has 2 aromatic carbocycles. The van der Waals surface area contributed by atoms with Gasteiger partial charge in [-0.1, -0.05) is 18.2 Å². The maximum absolute atomic E-state index is 15.9. The van der Waals surface area contributed by atoms with Gasteiger partial charge in [-0.2, -0.15) is 0 Å². The van der Waals surface area contributed by atoms with E-state index in [1.807, 2.05) is 33.8 Å². The second-order valence-corrected chi connectivity index (χ2v) is 8.30. The summed E-state index contributed by atoms with van der Waals surface area (Å²) in [7, 11) is -1.12. The summed E-state index contributed by atoms with van der Waals surface area (Å²) in [5.41, 5.74) is 6.32. The normalized spacial score (nSPS) is 20.4. The van der Waals surface area contributed by atoms with Crippen molar-refractivity contribution in [3.63, 3.8) is 0 Å². The minimum Gasteiger partial charge on any atom is -0.486 e. The van der Waals surface area contributed by atoms with Crippen molar-refractivity contribution in [3.8, 4) is 11.5 Å².